The van der Waals surface area contributed by atoms with Crippen LogP contribution in [0.25, 0.3) is 0 Å². The fourth-order valence-corrected chi connectivity index (χ4v) is 2.92. The molecule has 0 aromatic carbocycles. The topological polar surface area (TPSA) is 53.9 Å². The van der Waals surface area contributed by atoms with E-state index in [1.54, 1.807) is 0 Å². The third-order valence-corrected chi connectivity index (χ3v) is 4.33. The molecule has 1 saturated heterocycles. The summed E-state index contributed by atoms with van der Waals surface area (Å²) in [5.74, 6) is -0.0167. The molecule has 5 heteroatoms. The van der Waals surface area contributed by atoms with Crippen LogP contribution in [0.2, 0.25) is 0 Å². The summed E-state index contributed by atoms with van der Waals surface area (Å²) in [5.41, 5.74) is 0.983. The van der Waals surface area contributed by atoms with Crippen molar-refractivity contribution in [1.29, 1.82) is 0 Å². The standard InChI is InChI=1S/C16H29N3O2/c1-2-14-13-15(21-18-14)16(20)17-9-5-8-12-19-10-6-3-4-7-11-19/h15H,2-13H2,1H3,(H,17,20)/t15-/m0/s1. The summed E-state index contributed by atoms with van der Waals surface area (Å²) in [6.07, 6.45) is 8.76. The second-order valence-corrected chi connectivity index (χ2v) is 6.06. The van der Waals surface area contributed by atoms with Gasteiger partial charge in [0, 0.05) is 13.0 Å². The summed E-state index contributed by atoms with van der Waals surface area (Å²) < 4.78 is 0. The van der Waals surface area contributed by atoms with Crippen LogP contribution in [0.15, 0.2) is 5.16 Å². The molecule has 0 unspecified atom stereocenters. The lowest BCUT2D eigenvalue weighted by atomic mass is 10.1. The zero-order valence-electron chi connectivity index (χ0n) is 13.3. The molecule has 120 valence electrons. The molecule has 0 radical (unpaired) electrons. The van der Waals surface area contributed by atoms with E-state index in [2.05, 4.69) is 15.4 Å². The molecule has 2 aliphatic rings. The smallest absolute Gasteiger partial charge is 0.264 e. The van der Waals surface area contributed by atoms with Gasteiger partial charge in [0.2, 0.25) is 6.10 Å². The highest BCUT2D eigenvalue weighted by molar-refractivity contribution is 5.92. The number of nitrogens with zero attached hydrogens (tertiary/aromatic N) is 2. The van der Waals surface area contributed by atoms with Crippen LogP contribution in [0.1, 0.15) is 58.3 Å². The zero-order valence-corrected chi connectivity index (χ0v) is 13.3. The molecule has 0 aliphatic carbocycles. The van der Waals surface area contributed by atoms with Crippen molar-refractivity contribution in [1.82, 2.24) is 10.2 Å². The second kappa shape index (κ2) is 9.03. The predicted octanol–water partition coefficient (Wildman–Crippen LogP) is 2.31. The van der Waals surface area contributed by atoms with Crippen LogP contribution in [0.5, 0.6) is 0 Å². The molecule has 1 amide bonds. The molecule has 1 atom stereocenters. The molecular weight excluding hydrogens is 266 g/mol. The summed E-state index contributed by atoms with van der Waals surface area (Å²) in [7, 11) is 0. The number of oxime groups is 1. The van der Waals surface area contributed by atoms with E-state index >= 15 is 0 Å². The number of hydrogen-bond acceptors (Lipinski definition) is 4. The Bertz CT molecular complexity index is 349. The van der Waals surface area contributed by atoms with Crippen molar-refractivity contribution in [2.75, 3.05) is 26.2 Å². The van der Waals surface area contributed by atoms with Gasteiger partial charge in [0.25, 0.3) is 5.91 Å². The minimum atomic E-state index is -0.398. The van der Waals surface area contributed by atoms with Gasteiger partial charge in [-0.25, -0.2) is 0 Å². The number of nitrogens with one attached hydrogen (secondary N) is 1. The first kappa shape index (κ1) is 16.3. The molecule has 2 rings (SSSR count). The summed E-state index contributed by atoms with van der Waals surface area (Å²) in [5, 5.41) is 6.88. The molecule has 5 nitrogen and oxygen atoms in total. The maximum Gasteiger partial charge on any atom is 0.264 e. The van der Waals surface area contributed by atoms with Gasteiger partial charge in [-0.05, 0) is 51.7 Å². The molecule has 0 aromatic heterocycles. The molecule has 0 bridgehead atoms. The number of unbranched alkanes of at least 4 members (excludes halogenated alkanes) is 1. The minimum absolute atomic E-state index is 0.0167. The first-order chi connectivity index (χ1) is 10.3. The molecule has 21 heavy (non-hydrogen) atoms. The highest BCUT2D eigenvalue weighted by atomic mass is 16.6. The number of likely N-dealkylation sites (tertiary alicyclic amines) is 1. The van der Waals surface area contributed by atoms with E-state index in [1.165, 1.54) is 45.3 Å². The first-order valence-corrected chi connectivity index (χ1v) is 8.51. The largest absolute Gasteiger partial charge is 0.382 e. The van der Waals surface area contributed by atoms with Crippen molar-refractivity contribution in [3.63, 3.8) is 0 Å². The van der Waals surface area contributed by atoms with Crippen LogP contribution in [-0.2, 0) is 9.63 Å². The van der Waals surface area contributed by atoms with Crippen LogP contribution in [0.3, 0.4) is 0 Å². The summed E-state index contributed by atoms with van der Waals surface area (Å²) in [4.78, 5) is 19.6. The van der Waals surface area contributed by atoms with Crippen molar-refractivity contribution in [3.8, 4) is 0 Å². The van der Waals surface area contributed by atoms with Crippen LogP contribution in [0.4, 0.5) is 0 Å². The first-order valence-electron chi connectivity index (χ1n) is 8.51. The lowest BCUT2D eigenvalue weighted by molar-refractivity contribution is -0.131. The lowest BCUT2D eigenvalue weighted by Gasteiger charge is -2.19. The van der Waals surface area contributed by atoms with E-state index in [4.69, 9.17) is 4.84 Å². The van der Waals surface area contributed by atoms with Gasteiger partial charge < -0.3 is 15.1 Å². The Hall–Kier alpha value is -1.10. The Labute approximate surface area is 128 Å². The Morgan fingerprint density at radius 2 is 2.05 bits per heavy atom. The van der Waals surface area contributed by atoms with Gasteiger partial charge in [0.1, 0.15) is 0 Å². The van der Waals surface area contributed by atoms with Gasteiger partial charge in [-0.15, -0.1) is 0 Å². The average Bonchev–Trinajstić information content (AvgIpc) is 2.84. The molecule has 2 heterocycles. The van der Waals surface area contributed by atoms with Gasteiger partial charge in [-0.2, -0.15) is 0 Å². The number of amides is 1. The minimum Gasteiger partial charge on any atom is -0.382 e. The van der Waals surface area contributed by atoms with Crippen LogP contribution >= 0.6 is 0 Å². The van der Waals surface area contributed by atoms with E-state index in [1.807, 2.05) is 6.92 Å². The number of carbonyl (C=O) groups is 1. The molecule has 2 aliphatic heterocycles. The maximum atomic E-state index is 11.9. The number of carbonyl (C=O) groups excluding carboxylic acids is 1. The summed E-state index contributed by atoms with van der Waals surface area (Å²) in [6, 6.07) is 0. The van der Waals surface area contributed by atoms with Gasteiger partial charge in [0.05, 0.1) is 5.71 Å². The van der Waals surface area contributed by atoms with E-state index in [-0.39, 0.29) is 5.91 Å². The molecule has 0 spiro atoms. The summed E-state index contributed by atoms with van der Waals surface area (Å²) >= 11 is 0. The average molecular weight is 295 g/mol. The molecule has 1 N–H and O–H groups in total. The monoisotopic (exact) mass is 295 g/mol. The number of rotatable bonds is 7. The molecule has 0 aromatic rings. The third kappa shape index (κ3) is 5.65. The SMILES string of the molecule is CCC1=NO[C@H](C(=O)NCCCCN2CCCCCC2)C1. The zero-order chi connectivity index (χ0) is 14.9. The second-order valence-electron chi connectivity index (χ2n) is 6.06. The van der Waals surface area contributed by atoms with E-state index in [0.717, 1.165) is 31.5 Å². The number of hydrogen-bond donors (Lipinski definition) is 1. The van der Waals surface area contributed by atoms with E-state index in [9.17, 15) is 4.79 Å². The van der Waals surface area contributed by atoms with Crippen molar-refractivity contribution in [3.05, 3.63) is 0 Å². The van der Waals surface area contributed by atoms with Gasteiger partial charge in [-0.1, -0.05) is 24.9 Å². The Morgan fingerprint density at radius 1 is 1.29 bits per heavy atom. The van der Waals surface area contributed by atoms with Crippen molar-refractivity contribution >= 4 is 11.6 Å². The van der Waals surface area contributed by atoms with Crippen LogP contribution < -0.4 is 5.32 Å². The van der Waals surface area contributed by atoms with E-state index in [0.29, 0.717) is 6.42 Å². The van der Waals surface area contributed by atoms with Gasteiger partial charge in [-0.3, -0.25) is 4.79 Å². The summed E-state index contributed by atoms with van der Waals surface area (Å²) in [6.45, 7) is 6.44. The van der Waals surface area contributed by atoms with Crippen LogP contribution in [-0.4, -0.2) is 48.8 Å². The Morgan fingerprint density at radius 3 is 2.71 bits per heavy atom. The van der Waals surface area contributed by atoms with Crippen molar-refractivity contribution < 1.29 is 9.63 Å². The fourth-order valence-electron chi connectivity index (χ4n) is 2.92. The highest BCUT2D eigenvalue weighted by Crippen LogP contribution is 2.13. The van der Waals surface area contributed by atoms with E-state index < -0.39 is 6.10 Å². The van der Waals surface area contributed by atoms with Crippen molar-refractivity contribution in [2.24, 2.45) is 5.16 Å². The predicted molar refractivity (Wildman–Crippen MR) is 84.4 cm³/mol. The van der Waals surface area contributed by atoms with Gasteiger partial charge in [0.15, 0.2) is 0 Å². The Kier molecular flexibility index (Phi) is 7.00. The quantitative estimate of drug-likeness (QED) is 0.733. The Balaban J connectivity index is 1.50. The molecule has 0 saturated carbocycles. The van der Waals surface area contributed by atoms with Gasteiger partial charge >= 0.3 is 0 Å². The van der Waals surface area contributed by atoms with Crippen molar-refractivity contribution in [2.45, 2.75) is 64.4 Å². The maximum absolute atomic E-state index is 11.9. The molecular formula is C16H29N3O2. The third-order valence-electron chi connectivity index (χ3n) is 4.33. The molecule has 1 fully saturated rings. The normalized spacial score (nSPS) is 23.3. The fraction of sp³-hybridized carbons (Fsp3) is 0.875. The highest BCUT2D eigenvalue weighted by Gasteiger charge is 2.26. The van der Waals surface area contributed by atoms with Crippen LogP contribution in [0, 0.1) is 0 Å². The lowest BCUT2D eigenvalue weighted by Crippen LogP contribution is -2.35.